The quantitative estimate of drug-likeness (QED) is 0.604. The number of rotatable bonds is 10. The number of morpholine rings is 1. The fourth-order valence-corrected chi connectivity index (χ4v) is 3.59. The van der Waals surface area contributed by atoms with Crippen molar-refractivity contribution in [1.82, 2.24) is 10.2 Å². The minimum Gasteiger partial charge on any atom is -0.493 e. The summed E-state index contributed by atoms with van der Waals surface area (Å²) in [6, 6.07) is 10.3. The van der Waals surface area contributed by atoms with Gasteiger partial charge in [-0.05, 0) is 48.7 Å². The third-order valence-corrected chi connectivity index (χ3v) is 5.29. The van der Waals surface area contributed by atoms with Crippen LogP contribution in [-0.4, -0.2) is 51.4 Å². The Hall–Kier alpha value is -1.31. The Morgan fingerprint density at radius 2 is 2.04 bits per heavy atom. The van der Waals surface area contributed by atoms with E-state index in [9.17, 15) is 0 Å². The van der Waals surface area contributed by atoms with Gasteiger partial charge in [0.1, 0.15) is 6.61 Å². The minimum absolute atomic E-state index is 0. The highest BCUT2D eigenvalue weighted by Gasteiger charge is 2.09. The van der Waals surface area contributed by atoms with E-state index in [0.717, 1.165) is 63.9 Å². The molecule has 1 N–H and O–H groups in total. The fraction of sp³-hybridized carbons (Fsp3) is 0.500. The van der Waals surface area contributed by atoms with Crippen LogP contribution in [-0.2, 0) is 17.9 Å². The zero-order valence-electron chi connectivity index (χ0n) is 15.8. The second kappa shape index (κ2) is 12.2. The third-order valence-electron chi connectivity index (χ3n) is 4.44. The van der Waals surface area contributed by atoms with E-state index in [0.29, 0.717) is 6.61 Å². The molecule has 0 bridgehead atoms. The first-order valence-corrected chi connectivity index (χ1v) is 10.1. The van der Waals surface area contributed by atoms with Crippen LogP contribution in [0.1, 0.15) is 16.9 Å². The number of hydrogen-bond donors (Lipinski definition) is 1. The highest BCUT2D eigenvalue weighted by molar-refractivity contribution is 7.09. The summed E-state index contributed by atoms with van der Waals surface area (Å²) >= 11 is 1.70. The van der Waals surface area contributed by atoms with Crippen LogP contribution >= 0.6 is 23.7 Å². The van der Waals surface area contributed by atoms with Crippen molar-refractivity contribution in [3.05, 3.63) is 46.2 Å². The van der Waals surface area contributed by atoms with Crippen LogP contribution < -0.4 is 14.8 Å². The summed E-state index contributed by atoms with van der Waals surface area (Å²) in [7, 11) is 1.69. The van der Waals surface area contributed by atoms with Crippen LogP contribution in [0.2, 0.25) is 0 Å². The number of nitrogens with one attached hydrogen (secondary N) is 1. The average Bonchev–Trinajstić information content (AvgIpc) is 3.21. The molecule has 1 saturated heterocycles. The molecule has 0 radical (unpaired) electrons. The van der Waals surface area contributed by atoms with Gasteiger partial charge < -0.3 is 19.5 Å². The number of nitrogens with zero attached hydrogens (tertiary/aromatic N) is 1. The summed E-state index contributed by atoms with van der Waals surface area (Å²) < 4.78 is 16.8. The molecule has 3 rings (SSSR count). The van der Waals surface area contributed by atoms with E-state index in [1.165, 1.54) is 10.4 Å². The molecule has 0 aliphatic carbocycles. The molecule has 1 fully saturated rings. The lowest BCUT2D eigenvalue weighted by atomic mass is 10.2. The van der Waals surface area contributed by atoms with Gasteiger partial charge in [0.25, 0.3) is 0 Å². The van der Waals surface area contributed by atoms with Gasteiger partial charge in [-0.1, -0.05) is 12.1 Å². The predicted molar refractivity (Wildman–Crippen MR) is 112 cm³/mol. The summed E-state index contributed by atoms with van der Waals surface area (Å²) in [6.45, 7) is 7.42. The SMILES string of the molecule is COc1cc(CNCCCN2CCOCC2)ccc1OCc1cccs1.Cl. The zero-order chi connectivity index (χ0) is 18.0. The second-order valence-corrected chi connectivity index (χ2v) is 7.37. The second-order valence-electron chi connectivity index (χ2n) is 6.34. The number of methoxy groups -OCH3 is 1. The molecule has 2 heterocycles. The molecule has 5 nitrogen and oxygen atoms in total. The van der Waals surface area contributed by atoms with Gasteiger partial charge in [0.15, 0.2) is 11.5 Å². The summed E-state index contributed by atoms with van der Waals surface area (Å²) in [5, 5.41) is 5.57. The van der Waals surface area contributed by atoms with E-state index in [2.05, 4.69) is 33.8 Å². The maximum Gasteiger partial charge on any atom is 0.161 e. The van der Waals surface area contributed by atoms with Gasteiger partial charge in [0, 0.05) is 24.5 Å². The summed E-state index contributed by atoms with van der Waals surface area (Å²) in [5.41, 5.74) is 1.21. The Labute approximate surface area is 172 Å². The van der Waals surface area contributed by atoms with Crippen LogP contribution in [0.5, 0.6) is 11.5 Å². The van der Waals surface area contributed by atoms with Crippen LogP contribution in [0.15, 0.2) is 35.7 Å². The van der Waals surface area contributed by atoms with Gasteiger partial charge in [-0.3, -0.25) is 4.90 Å². The van der Waals surface area contributed by atoms with Crippen molar-refractivity contribution in [3.63, 3.8) is 0 Å². The fourth-order valence-electron chi connectivity index (χ4n) is 2.97. The first-order valence-electron chi connectivity index (χ1n) is 9.18. The molecule has 1 aliphatic heterocycles. The van der Waals surface area contributed by atoms with Crippen LogP contribution in [0.3, 0.4) is 0 Å². The molecule has 0 saturated carbocycles. The Morgan fingerprint density at radius 1 is 1.19 bits per heavy atom. The van der Waals surface area contributed by atoms with Crippen molar-refractivity contribution < 1.29 is 14.2 Å². The lowest BCUT2D eigenvalue weighted by Crippen LogP contribution is -2.37. The van der Waals surface area contributed by atoms with Crippen LogP contribution in [0, 0.1) is 0 Å². The molecule has 27 heavy (non-hydrogen) atoms. The van der Waals surface area contributed by atoms with E-state index >= 15 is 0 Å². The average molecular weight is 413 g/mol. The van der Waals surface area contributed by atoms with Gasteiger partial charge in [-0.15, -0.1) is 23.7 Å². The number of thiophene rings is 1. The third kappa shape index (κ3) is 7.31. The first-order chi connectivity index (χ1) is 12.8. The van der Waals surface area contributed by atoms with Crippen molar-refractivity contribution >= 4 is 23.7 Å². The van der Waals surface area contributed by atoms with Gasteiger partial charge in [-0.2, -0.15) is 0 Å². The van der Waals surface area contributed by atoms with Gasteiger partial charge in [0.2, 0.25) is 0 Å². The monoisotopic (exact) mass is 412 g/mol. The highest BCUT2D eigenvalue weighted by atomic mass is 35.5. The molecule has 2 aromatic rings. The van der Waals surface area contributed by atoms with Gasteiger partial charge >= 0.3 is 0 Å². The van der Waals surface area contributed by atoms with E-state index < -0.39 is 0 Å². The Kier molecular flexibility index (Phi) is 9.94. The molecule has 1 aromatic heterocycles. The molecule has 0 unspecified atom stereocenters. The highest BCUT2D eigenvalue weighted by Crippen LogP contribution is 2.29. The van der Waals surface area contributed by atoms with Crippen molar-refractivity contribution in [2.45, 2.75) is 19.6 Å². The molecule has 0 amide bonds. The van der Waals surface area contributed by atoms with Gasteiger partial charge in [0.05, 0.1) is 20.3 Å². The topological polar surface area (TPSA) is 43.0 Å². The molecule has 7 heteroatoms. The van der Waals surface area contributed by atoms with Crippen LogP contribution in [0.25, 0.3) is 0 Å². The standard InChI is InChI=1S/C20H28N2O3S.ClH/c1-23-20-14-17(5-6-19(20)25-16-18-4-2-13-26-18)15-21-7-3-8-22-9-11-24-12-10-22;/h2,4-6,13-14,21H,3,7-12,15-16H2,1H3;1H. The van der Waals surface area contributed by atoms with E-state index in [4.69, 9.17) is 14.2 Å². The number of halogens is 1. The lowest BCUT2D eigenvalue weighted by Gasteiger charge is -2.26. The van der Waals surface area contributed by atoms with Crippen LogP contribution in [0.4, 0.5) is 0 Å². The van der Waals surface area contributed by atoms with E-state index in [1.807, 2.05) is 12.1 Å². The number of ether oxygens (including phenoxy) is 3. The molecule has 150 valence electrons. The zero-order valence-corrected chi connectivity index (χ0v) is 17.4. The smallest absolute Gasteiger partial charge is 0.161 e. The van der Waals surface area contributed by atoms with E-state index in [-0.39, 0.29) is 12.4 Å². The van der Waals surface area contributed by atoms with Gasteiger partial charge in [-0.25, -0.2) is 0 Å². The predicted octanol–water partition coefficient (Wildman–Crippen LogP) is 3.57. The van der Waals surface area contributed by atoms with Crippen molar-refractivity contribution in [1.29, 1.82) is 0 Å². The number of benzene rings is 1. The normalized spacial score (nSPS) is 14.6. The Bertz CT molecular complexity index is 649. The maximum absolute atomic E-state index is 5.89. The Balaban J connectivity index is 0.00000261. The summed E-state index contributed by atoms with van der Waals surface area (Å²) in [6.07, 6.45) is 1.15. The maximum atomic E-state index is 5.89. The molecule has 0 spiro atoms. The molecule has 1 aliphatic rings. The summed E-state index contributed by atoms with van der Waals surface area (Å²) in [4.78, 5) is 3.67. The minimum atomic E-state index is 0. The lowest BCUT2D eigenvalue weighted by molar-refractivity contribution is 0.0374. The molecule has 1 aromatic carbocycles. The van der Waals surface area contributed by atoms with Crippen molar-refractivity contribution in [2.75, 3.05) is 46.5 Å². The van der Waals surface area contributed by atoms with E-state index in [1.54, 1.807) is 18.4 Å². The number of hydrogen-bond acceptors (Lipinski definition) is 6. The molecular weight excluding hydrogens is 384 g/mol. The van der Waals surface area contributed by atoms with Crippen molar-refractivity contribution in [3.8, 4) is 11.5 Å². The Morgan fingerprint density at radius 3 is 2.78 bits per heavy atom. The molecular formula is C20H29ClN2O3S. The summed E-state index contributed by atoms with van der Waals surface area (Å²) in [5.74, 6) is 1.58. The molecule has 0 atom stereocenters. The first kappa shape index (κ1) is 22.0. The largest absolute Gasteiger partial charge is 0.493 e. The van der Waals surface area contributed by atoms with Crippen molar-refractivity contribution in [2.24, 2.45) is 0 Å².